The lowest BCUT2D eigenvalue weighted by Crippen LogP contribution is -2.43. The first kappa shape index (κ1) is 14.6. The molecule has 2 saturated heterocycles. The zero-order valence-electron chi connectivity index (χ0n) is 12.5. The number of likely N-dealkylation sites (tertiary alicyclic amines) is 2. The highest BCUT2D eigenvalue weighted by Crippen LogP contribution is 2.20. The number of methoxy groups -OCH3 is 1. The van der Waals surface area contributed by atoms with Gasteiger partial charge in [-0.15, -0.1) is 0 Å². The monoisotopic (exact) mass is 269 g/mol. The van der Waals surface area contributed by atoms with Gasteiger partial charge in [-0.1, -0.05) is 13.8 Å². The molecule has 0 aromatic heterocycles. The second-order valence-corrected chi connectivity index (χ2v) is 5.48. The third-order valence-electron chi connectivity index (χ3n) is 4.51. The number of rotatable bonds is 4. The molecule has 5 heteroatoms. The lowest BCUT2D eigenvalue weighted by molar-refractivity contribution is 0.106. The van der Waals surface area contributed by atoms with Crippen LogP contribution in [-0.4, -0.2) is 79.3 Å². The van der Waals surface area contributed by atoms with E-state index in [-0.39, 0.29) is 12.1 Å². The molecule has 2 heterocycles. The van der Waals surface area contributed by atoms with Crippen molar-refractivity contribution in [1.29, 1.82) is 0 Å². The summed E-state index contributed by atoms with van der Waals surface area (Å²) < 4.78 is 5.33. The molecule has 110 valence electrons. The van der Waals surface area contributed by atoms with E-state index < -0.39 is 0 Å². The third kappa shape index (κ3) is 3.20. The molecular formula is C14H27N3O2. The lowest BCUT2D eigenvalue weighted by Gasteiger charge is -2.28. The summed E-state index contributed by atoms with van der Waals surface area (Å²) in [5.74, 6) is 0. The molecule has 0 aliphatic carbocycles. The molecule has 2 fully saturated rings. The second-order valence-electron chi connectivity index (χ2n) is 5.48. The van der Waals surface area contributed by atoms with Crippen LogP contribution in [0.3, 0.4) is 0 Å². The average molecular weight is 269 g/mol. The van der Waals surface area contributed by atoms with E-state index in [0.29, 0.717) is 6.04 Å². The molecular weight excluding hydrogens is 242 g/mol. The molecule has 2 aliphatic rings. The number of nitrogens with zero attached hydrogens (tertiary/aromatic N) is 3. The van der Waals surface area contributed by atoms with E-state index >= 15 is 0 Å². The Kier molecular flexibility index (Phi) is 5.05. The van der Waals surface area contributed by atoms with Crippen LogP contribution in [0.15, 0.2) is 0 Å². The fourth-order valence-electron chi connectivity index (χ4n) is 3.25. The van der Waals surface area contributed by atoms with Gasteiger partial charge in [-0.05, 0) is 25.9 Å². The minimum atomic E-state index is 0.203. The molecule has 0 saturated carbocycles. The topological polar surface area (TPSA) is 36.0 Å². The highest BCUT2D eigenvalue weighted by molar-refractivity contribution is 5.75. The van der Waals surface area contributed by atoms with Crippen LogP contribution in [0.25, 0.3) is 0 Å². The van der Waals surface area contributed by atoms with E-state index in [1.807, 2.05) is 9.80 Å². The molecule has 2 atom stereocenters. The van der Waals surface area contributed by atoms with E-state index in [4.69, 9.17) is 4.74 Å². The summed E-state index contributed by atoms with van der Waals surface area (Å²) in [5.41, 5.74) is 0. The fourth-order valence-corrected chi connectivity index (χ4v) is 3.25. The number of carbonyl (C=O) groups excluding carboxylic acids is 1. The number of hydrogen-bond donors (Lipinski definition) is 0. The molecule has 5 nitrogen and oxygen atoms in total. The van der Waals surface area contributed by atoms with Crippen LogP contribution in [-0.2, 0) is 4.74 Å². The molecule has 19 heavy (non-hydrogen) atoms. The van der Waals surface area contributed by atoms with Crippen molar-refractivity contribution in [2.45, 2.75) is 38.8 Å². The van der Waals surface area contributed by atoms with Gasteiger partial charge in [-0.3, -0.25) is 4.90 Å². The van der Waals surface area contributed by atoms with Crippen LogP contribution < -0.4 is 0 Å². The highest BCUT2D eigenvalue weighted by Gasteiger charge is 2.34. The number of carbonyl (C=O) groups is 1. The summed E-state index contributed by atoms with van der Waals surface area (Å²) in [5, 5.41) is 0. The van der Waals surface area contributed by atoms with Gasteiger partial charge in [-0.2, -0.15) is 0 Å². The number of likely N-dealkylation sites (N-methyl/N-ethyl adjacent to an activating group) is 1. The third-order valence-corrected chi connectivity index (χ3v) is 4.51. The number of urea groups is 1. The average Bonchev–Trinajstić information content (AvgIpc) is 3.08. The maximum Gasteiger partial charge on any atom is 0.320 e. The smallest absolute Gasteiger partial charge is 0.320 e. The van der Waals surface area contributed by atoms with Crippen LogP contribution >= 0.6 is 0 Å². The predicted octanol–water partition coefficient (Wildman–Crippen LogP) is 1.24. The quantitative estimate of drug-likeness (QED) is 0.770. The van der Waals surface area contributed by atoms with Crippen LogP contribution in [0.2, 0.25) is 0 Å². The SMILES string of the molecule is CCN(CC)C1CCN(C(=O)N2CC[C@H](OC)C2)C1. The fraction of sp³-hybridized carbons (Fsp3) is 0.929. The molecule has 0 aromatic rings. The van der Waals surface area contributed by atoms with E-state index in [1.165, 1.54) is 0 Å². The van der Waals surface area contributed by atoms with Crippen LogP contribution in [0.1, 0.15) is 26.7 Å². The van der Waals surface area contributed by atoms with Crippen molar-refractivity contribution in [1.82, 2.24) is 14.7 Å². The molecule has 0 bridgehead atoms. The van der Waals surface area contributed by atoms with Crippen LogP contribution in [0.5, 0.6) is 0 Å². The van der Waals surface area contributed by atoms with Crippen molar-refractivity contribution < 1.29 is 9.53 Å². The van der Waals surface area contributed by atoms with Gasteiger partial charge < -0.3 is 14.5 Å². The Morgan fingerprint density at radius 1 is 1.16 bits per heavy atom. The lowest BCUT2D eigenvalue weighted by atomic mass is 10.2. The number of hydrogen-bond acceptors (Lipinski definition) is 3. The van der Waals surface area contributed by atoms with Crippen LogP contribution in [0, 0.1) is 0 Å². The van der Waals surface area contributed by atoms with Gasteiger partial charge in [0, 0.05) is 39.3 Å². The van der Waals surface area contributed by atoms with Crippen molar-refractivity contribution in [3.8, 4) is 0 Å². The summed E-state index contributed by atoms with van der Waals surface area (Å²) >= 11 is 0. The van der Waals surface area contributed by atoms with Gasteiger partial charge in [0.1, 0.15) is 0 Å². The Hall–Kier alpha value is -0.810. The minimum Gasteiger partial charge on any atom is -0.380 e. The Morgan fingerprint density at radius 3 is 2.37 bits per heavy atom. The van der Waals surface area contributed by atoms with Crippen molar-refractivity contribution in [2.75, 3.05) is 46.4 Å². The Labute approximate surface area is 116 Å². The predicted molar refractivity (Wildman–Crippen MR) is 75.3 cm³/mol. The summed E-state index contributed by atoms with van der Waals surface area (Å²) in [6, 6.07) is 0.744. The minimum absolute atomic E-state index is 0.203. The standard InChI is InChI=1S/C14H27N3O2/c1-4-15(5-2)12-6-8-16(10-12)14(18)17-9-7-13(11-17)19-3/h12-13H,4-11H2,1-3H3/t12?,13-/m0/s1. The zero-order valence-corrected chi connectivity index (χ0v) is 12.5. The summed E-state index contributed by atoms with van der Waals surface area (Å²) in [4.78, 5) is 18.8. The largest absolute Gasteiger partial charge is 0.380 e. The second kappa shape index (κ2) is 6.57. The van der Waals surface area contributed by atoms with Crippen molar-refractivity contribution in [3.05, 3.63) is 0 Å². The van der Waals surface area contributed by atoms with Crippen molar-refractivity contribution in [2.24, 2.45) is 0 Å². The highest BCUT2D eigenvalue weighted by atomic mass is 16.5. The van der Waals surface area contributed by atoms with E-state index in [2.05, 4.69) is 18.7 Å². The normalized spacial score (nSPS) is 27.6. The Bertz CT molecular complexity index is 307. The molecule has 2 rings (SSSR count). The van der Waals surface area contributed by atoms with E-state index in [9.17, 15) is 4.79 Å². The summed E-state index contributed by atoms with van der Waals surface area (Å²) in [7, 11) is 1.73. The van der Waals surface area contributed by atoms with Gasteiger partial charge in [-0.25, -0.2) is 4.79 Å². The molecule has 0 radical (unpaired) electrons. The Balaban J connectivity index is 1.85. The van der Waals surface area contributed by atoms with Crippen molar-refractivity contribution in [3.63, 3.8) is 0 Å². The van der Waals surface area contributed by atoms with Crippen molar-refractivity contribution >= 4 is 6.03 Å². The molecule has 0 aromatic carbocycles. The maximum absolute atomic E-state index is 12.4. The van der Waals surface area contributed by atoms with E-state index in [1.54, 1.807) is 7.11 Å². The molecule has 0 spiro atoms. The van der Waals surface area contributed by atoms with Gasteiger partial charge in [0.2, 0.25) is 0 Å². The molecule has 2 aliphatic heterocycles. The molecule has 2 amide bonds. The molecule has 1 unspecified atom stereocenters. The van der Waals surface area contributed by atoms with Gasteiger partial charge in [0.25, 0.3) is 0 Å². The number of ether oxygens (including phenoxy) is 1. The zero-order chi connectivity index (χ0) is 13.8. The number of amides is 2. The first-order valence-electron chi connectivity index (χ1n) is 7.50. The summed E-state index contributed by atoms with van der Waals surface area (Å²) in [6.45, 7) is 9.89. The van der Waals surface area contributed by atoms with Gasteiger partial charge >= 0.3 is 6.03 Å². The summed E-state index contributed by atoms with van der Waals surface area (Å²) in [6.07, 6.45) is 2.30. The van der Waals surface area contributed by atoms with Crippen LogP contribution in [0.4, 0.5) is 4.79 Å². The first-order chi connectivity index (χ1) is 9.19. The molecule has 0 N–H and O–H groups in total. The maximum atomic E-state index is 12.4. The van der Waals surface area contributed by atoms with Gasteiger partial charge in [0.05, 0.1) is 6.10 Å². The Morgan fingerprint density at radius 2 is 1.79 bits per heavy atom. The van der Waals surface area contributed by atoms with E-state index in [0.717, 1.165) is 52.1 Å². The van der Waals surface area contributed by atoms with Gasteiger partial charge in [0.15, 0.2) is 0 Å². The first-order valence-corrected chi connectivity index (χ1v) is 7.50.